The van der Waals surface area contributed by atoms with Gasteiger partial charge in [0.15, 0.2) is 0 Å². The number of aromatic nitrogens is 2. The first-order valence-electron chi connectivity index (χ1n) is 6.18. The molecular formula is C11H18N4OS. The van der Waals surface area contributed by atoms with Gasteiger partial charge in [-0.2, -0.15) is 0 Å². The number of hydrogen-bond donors (Lipinski definition) is 2. The number of rotatable bonds is 3. The van der Waals surface area contributed by atoms with E-state index in [1.807, 2.05) is 6.92 Å². The second-order valence-corrected chi connectivity index (χ2v) is 5.35. The minimum absolute atomic E-state index is 0.157. The lowest BCUT2D eigenvalue weighted by atomic mass is 9.96. The van der Waals surface area contributed by atoms with Crippen molar-refractivity contribution in [1.29, 1.82) is 0 Å². The van der Waals surface area contributed by atoms with Crippen LogP contribution in [-0.2, 0) is 6.42 Å². The van der Waals surface area contributed by atoms with Crippen molar-refractivity contribution in [3.8, 4) is 0 Å². The van der Waals surface area contributed by atoms with E-state index in [0.717, 1.165) is 24.3 Å². The van der Waals surface area contributed by atoms with Gasteiger partial charge in [0.05, 0.1) is 0 Å². The lowest BCUT2D eigenvalue weighted by molar-refractivity contribution is 0.244. The van der Waals surface area contributed by atoms with Crippen LogP contribution in [0.4, 0.5) is 9.93 Å². The van der Waals surface area contributed by atoms with Crippen LogP contribution in [0, 0.1) is 0 Å². The summed E-state index contributed by atoms with van der Waals surface area (Å²) in [5.41, 5.74) is 0. The Labute approximate surface area is 105 Å². The van der Waals surface area contributed by atoms with Crippen molar-refractivity contribution in [2.24, 2.45) is 0 Å². The molecule has 2 rings (SSSR count). The summed E-state index contributed by atoms with van der Waals surface area (Å²) in [6.45, 7) is 2.02. The van der Waals surface area contributed by atoms with Crippen molar-refractivity contribution in [3.63, 3.8) is 0 Å². The molecule has 0 saturated heterocycles. The Morgan fingerprint density at radius 3 is 2.76 bits per heavy atom. The van der Waals surface area contributed by atoms with Gasteiger partial charge in [-0.25, -0.2) is 4.79 Å². The van der Waals surface area contributed by atoms with Crippen molar-refractivity contribution in [1.82, 2.24) is 15.5 Å². The largest absolute Gasteiger partial charge is 0.335 e. The maximum Gasteiger partial charge on any atom is 0.321 e. The van der Waals surface area contributed by atoms with E-state index < -0.39 is 0 Å². The van der Waals surface area contributed by atoms with Gasteiger partial charge in [0.2, 0.25) is 5.13 Å². The zero-order valence-electron chi connectivity index (χ0n) is 10.0. The summed E-state index contributed by atoms with van der Waals surface area (Å²) in [4.78, 5) is 11.7. The van der Waals surface area contributed by atoms with Crippen LogP contribution in [0.5, 0.6) is 0 Å². The predicted molar refractivity (Wildman–Crippen MR) is 68.3 cm³/mol. The Kier molecular flexibility index (Phi) is 4.30. The number of urea groups is 1. The molecule has 1 aliphatic carbocycles. The molecule has 0 unspecified atom stereocenters. The first-order valence-corrected chi connectivity index (χ1v) is 6.99. The number of carbonyl (C=O) groups is 1. The molecule has 0 aromatic carbocycles. The molecule has 2 N–H and O–H groups in total. The first-order chi connectivity index (χ1) is 8.28. The van der Waals surface area contributed by atoms with E-state index >= 15 is 0 Å². The molecule has 1 saturated carbocycles. The summed E-state index contributed by atoms with van der Waals surface area (Å²) in [6, 6.07) is 0.165. The smallest absolute Gasteiger partial charge is 0.321 e. The molecule has 1 aromatic rings. The Bertz CT molecular complexity index is 373. The summed E-state index contributed by atoms with van der Waals surface area (Å²) in [5, 5.41) is 15.1. The predicted octanol–water partition coefficient (Wildman–Crippen LogP) is 2.55. The van der Waals surface area contributed by atoms with Crippen LogP contribution in [0.25, 0.3) is 0 Å². The van der Waals surface area contributed by atoms with Gasteiger partial charge >= 0.3 is 6.03 Å². The highest BCUT2D eigenvalue weighted by Gasteiger charge is 2.16. The van der Waals surface area contributed by atoms with Crippen molar-refractivity contribution < 1.29 is 4.79 Å². The average molecular weight is 254 g/mol. The molecular weight excluding hydrogens is 236 g/mol. The molecule has 1 heterocycles. The summed E-state index contributed by atoms with van der Waals surface area (Å²) in [6.07, 6.45) is 6.74. The van der Waals surface area contributed by atoms with E-state index in [-0.39, 0.29) is 6.03 Å². The van der Waals surface area contributed by atoms with Crippen LogP contribution in [0.3, 0.4) is 0 Å². The fraction of sp³-hybridized carbons (Fsp3) is 0.727. The first kappa shape index (κ1) is 12.3. The Morgan fingerprint density at radius 1 is 1.35 bits per heavy atom. The van der Waals surface area contributed by atoms with Gasteiger partial charge in [0.1, 0.15) is 5.01 Å². The molecule has 1 fully saturated rings. The van der Waals surface area contributed by atoms with E-state index in [4.69, 9.17) is 0 Å². The van der Waals surface area contributed by atoms with E-state index in [1.165, 1.54) is 30.6 Å². The van der Waals surface area contributed by atoms with Crippen molar-refractivity contribution in [3.05, 3.63) is 5.01 Å². The van der Waals surface area contributed by atoms with E-state index in [9.17, 15) is 4.79 Å². The third kappa shape index (κ3) is 3.66. The zero-order valence-corrected chi connectivity index (χ0v) is 10.8. The summed E-state index contributed by atoms with van der Waals surface area (Å²) >= 11 is 1.43. The molecule has 1 aromatic heterocycles. The summed E-state index contributed by atoms with van der Waals surface area (Å²) in [5.74, 6) is 0. The summed E-state index contributed by atoms with van der Waals surface area (Å²) < 4.78 is 0. The van der Waals surface area contributed by atoms with Gasteiger partial charge in [-0.05, 0) is 19.3 Å². The second kappa shape index (κ2) is 5.95. The molecule has 17 heavy (non-hydrogen) atoms. The van der Waals surface area contributed by atoms with Crippen molar-refractivity contribution in [2.45, 2.75) is 51.5 Å². The fourth-order valence-electron chi connectivity index (χ4n) is 2.01. The van der Waals surface area contributed by atoms with Crippen molar-refractivity contribution in [2.75, 3.05) is 5.32 Å². The molecule has 0 aliphatic heterocycles. The molecule has 0 atom stereocenters. The average Bonchev–Trinajstić information content (AvgIpc) is 2.78. The number of hydrogen-bond acceptors (Lipinski definition) is 4. The van der Waals surface area contributed by atoms with E-state index in [2.05, 4.69) is 20.8 Å². The Hall–Kier alpha value is -1.17. The number of aryl methyl sites for hydroxylation is 1. The minimum Gasteiger partial charge on any atom is -0.335 e. The fourth-order valence-corrected chi connectivity index (χ4v) is 2.69. The van der Waals surface area contributed by atoms with Gasteiger partial charge in [-0.15, -0.1) is 10.2 Å². The second-order valence-electron chi connectivity index (χ2n) is 4.29. The number of nitrogens with zero attached hydrogens (tertiary/aromatic N) is 2. The van der Waals surface area contributed by atoms with Crippen LogP contribution in [0.1, 0.15) is 44.0 Å². The monoisotopic (exact) mass is 254 g/mol. The zero-order chi connectivity index (χ0) is 12.1. The molecule has 1 aliphatic rings. The number of nitrogens with one attached hydrogen (secondary N) is 2. The van der Waals surface area contributed by atoms with Gasteiger partial charge < -0.3 is 5.32 Å². The molecule has 0 radical (unpaired) electrons. The lowest BCUT2D eigenvalue weighted by Gasteiger charge is -2.22. The van der Waals surface area contributed by atoms with Crippen LogP contribution in [-0.4, -0.2) is 22.3 Å². The quantitative estimate of drug-likeness (QED) is 0.871. The molecule has 2 amide bonds. The maximum absolute atomic E-state index is 11.7. The highest BCUT2D eigenvalue weighted by Crippen LogP contribution is 2.18. The highest BCUT2D eigenvalue weighted by atomic mass is 32.1. The molecule has 94 valence electrons. The van der Waals surface area contributed by atoms with Gasteiger partial charge in [0.25, 0.3) is 0 Å². The van der Waals surface area contributed by atoms with Gasteiger partial charge in [-0.1, -0.05) is 37.5 Å². The third-order valence-electron chi connectivity index (χ3n) is 2.93. The standard InChI is InChI=1S/C11H18N4OS/c1-2-9-14-15-11(17-9)13-10(16)12-8-6-4-3-5-7-8/h8H,2-7H2,1H3,(H2,12,13,15,16). The Balaban J connectivity index is 1.79. The third-order valence-corrected chi connectivity index (χ3v) is 3.91. The number of anilines is 1. The van der Waals surface area contributed by atoms with Gasteiger partial charge in [0, 0.05) is 6.04 Å². The molecule has 0 bridgehead atoms. The van der Waals surface area contributed by atoms with E-state index in [1.54, 1.807) is 0 Å². The molecule has 6 heteroatoms. The molecule has 5 nitrogen and oxygen atoms in total. The summed E-state index contributed by atoms with van der Waals surface area (Å²) in [7, 11) is 0. The number of carbonyl (C=O) groups excluding carboxylic acids is 1. The highest BCUT2D eigenvalue weighted by molar-refractivity contribution is 7.15. The van der Waals surface area contributed by atoms with Crippen LogP contribution in [0.15, 0.2) is 0 Å². The van der Waals surface area contributed by atoms with Crippen molar-refractivity contribution >= 4 is 22.5 Å². The Morgan fingerprint density at radius 2 is 2.12 bits per heavy atom. The lowest BCUT2D eigenvalue weighted by Crippen LogP contribution is -2.38. The van der Waals surface area contributed by atoms with Crippen LogP contribution >= 0.6 is 11.3 Å². The van der Waals surface area contributed by atoms with E-state index in [0.29, 0.717) is 11.2 Å². The number of amides is 2. The SMILES string of the molecule is CCc1nnc(NC(=O)NC2CCCCC2)s1. The minimum atomic E-state index is -0.157. The molecule has 0 spiro atoms. The van der Waals surface area contributed by atoms with Gasteiger partial charge in [-0.3, -0.25) is 5.32 Å². The van der Waals surface area contributed by atoms with Crippen LogP contribution in [0.2, 0.25) is 0 Å². The maximum atomic E-state index is 11.7. The van der Waals surface area contributed by atoms with Crippen LogP contribution < -0.4 is 10.6 Å². The normalized spacial score (nSPS) is 16.8. The topological polar surface area (TPSA) is 66.9 Å².